The van der Waals surface area contributed by atoms with Gasteiger partial charge in [-0.15, -0.1) is 0 Å². The quantitative estimate of drug-likeness (QED) is 0.299. The normalized spacial score (nSPS) is 17.7. The van der Waals surface area contributed by atoms with E-state index in [4.69, 9.17) is 9.47 Å². The molecule has 41 heavy (non-hydrogen) atoms. The van der Waals surface area contributed by atoms with Crippen molar-refractivity contribution in [2.24, 2.45) is 0 Å². The molecule has 1 unspecified atom stereocenters. The predicted octanol–water partition coefficient (Wildman–Crippen LogP) is 3.86. The van der Waals surface area contributed by atoms with E-state index in [1.807, 2.05) is 65.6 Å². The van der Waals surface area contributed by atoms with Crippen molar-refractivity contribution in [3.05, 3.63) is 102 Å². The fourth-order valence-electron chi connectivity index (χ4n) is 4.89. The molecule has 0 aliphatic carbocycles. The number of benzene rings is 3. The number of rotatable bonds is 11. The molecule has 3 atom stereocenters. The Morgan fingerprint density at radius 3 is 2.00 bits per heavy atom. The van der Waals surface area contributed by atoms with Crippen molar-refractivity contribution in [3.8, 4) is 0 Å². The number of carboxylic acids is 1. The highest BCUT2D eigenvalue weighted by molar-refractivity contribution is 5.85. The van der Waals surface area contributed by atoms with Gasteiger partial charge in [0.25, 0.3) is 0 Å². The summed E-state index contributed by atoms with van der Waals surface area (Å²) in [4.78, 5) is 27.1. The molecule has 8 nitrogen and oxygen atoms in total. The molecule has 1 aliphatic rings. The molecular formula is C30H32F3N3O5. The minimum Gasteiger partial charge on any atom is -0.479 e. The second-order valence-electron chi connectivity index (χ2n) is 9.71. The van der Waals surface area contributed by atoms with Crippen molar-refractivity contribution in [3.63, 3.8) is 0 Å². The van der Waals surface area contributed by atoms with Crippen LogP contribution in [0.4, 0.5) is 18.9 Å². The van der Waals surface area contributed by atoms with E-state index in [1.54, 1.807) is 0 Å². The van der Waals surface area contributed by atoms with Gasteiger partial charge in [-0.2, -0.15) is 13.2 Å². The van der Waals surface area contributed by atoms with Crippen molar-refractivity contribution in [1.29, 1.82) is 0 Å². The van der Waals surface area contributed by atoms with Gasteiger partial charge in [-0.25, -0.2) is 4.79 Å². The lowest BCUT2D eigenvalue weighted by Gasteiger charge is -2.39. The minimum atomic E-state index is -5.32. The monoisotopic (exact) mass is 571 g/mol. The first-order chi connectivity index (χ1) is 19.7. The van der Waals surface area contributed by atoms with Gasteiger partial charge in [-0.3, -0.25) is 10.1 Å². The second kappa shape index (κ2) is 13.2. The van der Waals surface area contributed by atoms with Crippen LogP contribution in [0.2, 0.25) is 0 Å². The third-order valence-electron chi connectivity index (χ3n) is 7.02. The molecule has 3 aromatic carbocycles. The van der Waals surface area contributed by atoms with Crippen LogP contribution in [0.1, 0.15) is 16.7 Å². The van der Waals surface area contributed by atoms with Gasteiger partial charge in [0.2, 0.25) is 5.54 Å². The van der Waals surface area contributed by atoms with Crippen molar-refractivity contribution >= 4 is 17.6 Å². The number of esters is 1. The van der Waals surface area contributed by atoms with E-state index in [0.717, 1.165) is 30.4 Å². The van der Waals surface area contributed by atoms with Crippen LogP contribution in [0.3, 0.4) is 0 Å². The van der Waals surface area contributed by atoms with E-state index in [9.17, 15) is 27.9 Å². The van der Waals surface area contributed by atoms with Gasteiger partial charge in [-0.1, -0.05) is 72.8 Å². The van der Waals surface area contributed by atoms with E-state index < -0.39 is 41.3 Å². The van der Waals surface area contributed by atoms with Crippen LogP contribution in [-0.2, 0) is 37.7 Å². The van der Waals surface area contributed by atoms with Crippen molar-refractivity contribution in [1.82, 2.24) is 10.6 Å². The first kappa shape index (κ1) is 30.0. The molecule has 0 radical (unpaired) electrons. The number of carboxylic acid groups (broad SMARTS) is 1. The lowest BCUT2D eigenvalue weighted by Crippen LogP contribution is -2.68. The lowest BCUT2D eigenvalue weighted by atomic mass is 9.86. The molecule has 0 aromatic heterocycles. The number of carbonyl (C=O) groups is 2. The number of carbonyl (C=O) groups excluding carboxylic acids is 1. The summed E-state index contributed by atoms with van der Waals surface area (Å²) in [7, 11) is 1.03. The highest BCUT2D eigenvalue weighted by Crippen LogP contribution is 2.41. The molecule has 1 aliphatic heterocycles. The molecular weight excluding hydrogens is 539 g/mol. The Balaban J connectivity index is 1.72. The van der Waals surface area contributed by atoms with Crippen LogP contribution >= 0.6 is 0 Å². The largest absolute Gasteiger partial charge is 0.479 e. The van der Waals surface area contributed by atoms with E-state index in [0.29, 0.717) is 25.4 Å². The Morgan fingerprint density at radius 2 is 1.56 bits per heavy atom. The summed E-state index contributed by atoms with van der Waals surface area (Å²) in [5, 5.41) is 15.1. The van der Waals surface area contributed by atoms with Crippen LogP contribution < -0.4 is 15.5 Å². The van der Waals surface area contributed by atoms with Crippen LogP contribution in [0.25, 0.3) is 0 Å². The Hall–Kier alpha value is -3.93. The molecule has 0 bridgehead atoms. The van der Waals surface area contributed by atoms with E-state index in [1.165, 1.54) is 12.1 Å². The average Bonchev–Trinajstić information content (AvgIpc) is 2.98. The summed E-state index contributed by atoms with van der Waals surface area (Å²) in [5.41, 5.74) is -1.60. The number of nitrogens with one attached hydrogen (secondary N) is 2. The molecule has 0 amide bonds. The second-order valence-corrected chi connectivity index (χ2v) is 9.71. The summed E-state index contributed by atoms with van der Waals surface area (Å²) >= 11 is 0. The van der Waals surface area contributed by atoms with Crippen LogP contribution in [0.15, 0.2) is 84.9 Å². The summed E-state index contributed by atoms with van der Waals surface area (Å²) in [5.74, 6) is -3.25. The highest BCUT2D eigenvalue weighted by Gasteiger charge is 2.64. The van der Waals surface area contributed by atoms with Crippen LogP contribution in [0, 0.1) is 0 Å². The fourth-order valence-corrected chi connectivity index (χ4v) is 4.89. The maximum atomic E-state index is 14.8. The first-order valence-electron chi connectivity index (χ1n) is 13.1. The Bertz CT molecular complexity index is 1240. The van der Waals surface area contributed by atoms with Gasteiger partial charge >= 0.3 is 18.1 Å². The lowest BCUT2D eigenvalue weighted by molar-refractivity contribution is -0.216. The minimum absolute atomic E-state index is 0.104. The SMILES string of the molecule is COC(=O)[C@H](NC(C(=O)O)(c1ccc(N(Cc2ccccc2)Cc2ccccc2)cc1)C(F)(F)F)[C@H]1COCCN1. The van der Waals surface area contributed by atoms with Gasteiger partial charge in [-0.05, 0) is 28.8 Å². The number of halogens is 3. The molecule has 0 saturated carbocycles. The number of methoxy groups -OCH3 is 1. The zero-order valence-corrected chi connectivity index (χ0v) is 22.4. The smallest absolute Gasteiger partial charge is 0.421 e. The van der Waals surface area contributed by atoms with Gasteiger partial charge in [0.05, 0.1) is 26.4 Å². The van der Waals surface area contributed by atoms with Crippen LogP contribution in [0.5, 0.6) is 0 Å². The fraction of sp³-hybridized carbons (Fsp3) is 0.333. The molecule has 0 spiro atoms. The van der Waals surface area contributed by atoms with Gasteiger partial charge in [0, 0.05) is 25.3 Å². The summed E-state index contributed by atoms with van der Waals surface area (Å²) < 4.78 is 54.4. The maximum absolute atomic E-state index is 14.8. The number of anilines is 1. The summed E-state index contributed by atoms with van der Waals surface area (Å²) in [6.07, 6.45) is -5.32. The molecule has 218 valence electrons. The topological polar surface area (TPSA) is 100 Å². The van der Waals surface area contributed by atoms with Crippen molar-refractivity contribution < 1.29 is 37.3 Å². The molecule has 11 heteroatoms. The van der Waals surface area contributed by atoms with Gasteiger partial charge < -0.3 is 24.8 Å². The molecule has 1 saturated heterocycles. The first-order valence-corrected chi connectivity index (χ1v) is 13.1. The number of ether oxygens (including phenoxy) is 2. The zero-order valence-electron chi connectivity index (χ0n) is 22.4. The third-order valence-corrected chi connectivity index (χ3v) is 7.02. The molecule has 3 N–H and O–H groups in total. The number of aliphatic carboxylic acids is 1. The van der Waals surface area contributed by atoms with E-state index in [-0.39, 0.29) is 13.2 Å². The number of hydrogen-bond donors (Lipinski definition) is 3. The van der Waals surface area contributed by atoms with Gasteiger partial charge in [0.15, 0.2) is 0 Å². The standard InChI is InChI=1S/C30H32F3N3O5/c1-40-27(37)26(25-20-41-17-16-34-25)35-29(28(38)39,30(31,32)33)23-12-14-24(15-13-23)36(18-21-8-4-2-5-9-21)19-22-10-6-3-7-11-22/h2-15,25-26,34-35H,16-20H2,1H3,(H,38,39)/t25-,26-,29?/m1/s1. The van der Waals surface area contributed by atoms with Crippen molar-refractivity contribution in [2.45, 2.75) is 36.9 Å². The van der Waals surface area contributed by atoms with E-state index >= 15 is 0 Å². The predicted molar refractivity (Wildman–Crippen MR) is 146 cm³/mol. The maximum Gasteiger partial charge on any atom is 0.421 e. The Kier molecular flexibility index (Phi) is 9.64. The highest BCUT2D eigenvalue weighted by atomic mass is 19.4. The average molecular weight is 572 g/mol. The Labute approximate surface area is 236 Å². The number of morpholine rings is 1. The third kappa shape index (κ3) is 6.87. The molecule has 3 aromatic rings. The molecule has 4 rings (SSSR count). The van der Waals surface area contributed by atoms with E-state index in [2.05, 4.69) is 10.6 Å². The Morgan fingerprint density at radius 1 is 1.00 bits per heavy atom. The van der Waals surface area contributed by atoms with Crippen molar-refractivity contribution in [2.75, 3.05) is 31.8 Å². The number of nitrogens with zero attached hydrogens (tertiary/aromatic N) is 1. The molecule has 1 heterocycles. The van der Waals surface area contributed by atoms with Gasteiger partial charge in [0.1, 0.15) is 6.04 Å². The molecule has 1 fully saturated rings. The summed E-state index contributed by atoms with van der Waals surface area (Å²) in [6.45, 7) is 1.41. The zero-order chi connectivity index (χ0) is 29.5. The number of hydrogen-bond acceptors (Lipinski definition) is 7. The summed E-state index contributed by atoms with van der Waals surface area (Å²) in [6, 6.07) is 21.8. The van der Waals surface area contributed by atoms with Crippen LogP contribution in [-0.4, -0.2) is 62.2 Å². The number of alkyl halides is 3.